The lowest BCUT2D eigenvalue weighted by Gasteiger charge is -2.24. The maximum atomic E-state index is 9.84. The topological polar surface area (TPSA) is 53.2 Å². The fraction of sp³-hybridized carbons (Fsp3) is 0.889. The second-order valence-corrected chi connectivity index (χ2v) is 3.85. The highest BCUT2D eigenvalue weighted by atomic mass is 16.5. The molecule has 0 aromatic carbocycles. The predicted molar refractivity (Wildman–Crippen MR) is 42.2 cm³/mol. The van der Waals surface area contributed by atoms with Crippen LogP contribution in [0, 0.1) is 22.7 Å². The van der Waals surface area contributed by atoms with Gasteiger partial charge in [0.2, 0.25) is 0 Å². The Bertz CT molecular complexity index is 211. The Morgan fingerprint density at radius 1 is 1.58 bits per heavy atom. The Kier molecular flexibility index (Phi) is 1.82. The van der Waals surface area contributed by atoms with E-state index < -0.39 is 11.5 Å². The number of aliphatic hydroxyl groups excluding tert-OH is 1. The van der Waals surface area contributed by atoms with Crippen molar-refractivity contribution in [3.05, 3.63) is 0 Å². The Hall–Kier alpha value is -0.590. The number of rotatable bonds is 2. The molecule has 1 heterocycles. The zero-order valence-corrected chi connectivity index (χ0v) is 6.99. The minimum atomic E-state index is -0.582. The van der Waals surface area contributed by atoms with Crippen LogP contribution in [0.3, 0.4) is 0 Å². The zero-order valence-electron chi connectivity index (χ0n) is 6.99. The summed E-state index contributed by atoms with van der Waals surface area (Å²) in [7, 11) is 0. The Labute approximate surface area is 71.9 Å². The first-order chi connectivity index (χ1) is 5.78. The molecule has 0 amide bonds. The molecule has 2 unspecified atom stereocenters. The summed E-state index contributed by atoms with van der Waals surface area (Å²) >= 11 is 0. The van der Waals surface area contributed by atoms with E-state index in [-0.39, 0.29) is 0 Å². The first kappa shape index (κ1) is 8.03. The molecule has 2 rings (SSSR count). The first-order valence-electron chi connectivity index (χ1n) is 4.45. The lowest BCUT2D eigenvalue weighted by atomic mass is 9.81. The van der Waals surface area contributed by atoms with E-state index in [0.29, 0.717) is 25.6 Å². The van der Waals surface area contributed by atoms with Crippen LogP contribution in [0.1, 0.15) is 19.3 Å². The SMILES string of the molecule is N#CC1(C(O)C2CC2)CCOC1. The fourth-order valence-electron chi connectivity index (χ4n) is 1.83. The molecule has 2 atom stereocenters. The van der Waals surface area contributed by atoms with Crippen LogP contribution < -0.4 is 0 Å². The van der Waals surface area contributed by atoms with E-state index in [2.05, 4.69) is 6.07 Å². The maximum absolute atomic E-state index is 9.84. The lowest BCUT2D eigenvalue weighted by Crippen LogP contribution is -2.35. The highest BCUT2D eigenvalue weighted by Gasteiger charge is 2.48. The molecule has 3 nitrogen and oxygen atoms in total. The van der Waals surface area contributed by atoms with E-state index >= 15 is 0 Å². The maximum Gasteiger partial charge on any atom is 0.109 e. The van der Waals surface area contributed by atoms with Gasteiger partial charge in [0.1, 0.15) is 5.41 Å². The van der Waals surface area contributed by atoms with Crippen molar-refractivity contribution in [3.8, 4) is 6.07 Å². The van der Waals surface area contributed by atoms with Gasteiger partial charge in [0.15, 0.2) is 0 Å². The average molecular weight is 167 g/mol. The second-order valence-electron chi connectivity index (χ2n) is 3.85. The Balaban J connectivity index is 2.10. The van der Waals surface area contributed by atoms with Gasteiger partial charge in [-0.1, -0.05) is 0 Å². The summed E-state index contributed by atoms with van der Waals surface area (Å²) in [5.41, 5.74) is -0.582. The molecule has 2 fully saturated rings. The van der Waals surface area contributed by atoms with Crippen LogP contribution in [0.5, 0.6) is 0 Å². The van der Waals surface area contributed by atoms with Gasteiger partial charge in [0.05, 0.1) is 18.8 Å². The zero-order chi connectivity index (χ0) is 8.60. The summed E-state index contributed by atoms with van der Waals surface area (Å²) in [5.74, 6) is 0.367. The van der Waals surface area contributed by atoms with E-state index in [0.717, 1.165) is 12.8 Å². The number of nitriles is 1. The number of nitrogens with zero attached hydrogens (tertiary/aromatic N) is 1. The summed E-state index contributed by atoms with van der Waals surface area (Å²) in [6, 6.07) is 2.22. The van der Waals surface area contributed by atoms with E-state index in [9.17, 15) is 5.11 Å². The van der Waals surface area contributed by atoms with Crippen LogP contribution in [0.15, 0.2) is 0 Å². The summed E-state index contributed by atoms with van der Waals surface area (Å²) in [6.45, 7) is 1.04. The summed E-state index contributed by atoms with van der Waals surface area (Å²) in [5, 5.41) is 18.8. The predicted octanol–water partition coefficient (Wildman–Crippen LogP) is 0.688. The summed E-state index contributed by atoms with van der Waals surface area (Å²) in [6.07, 6.45) is 2.39. The third-order valence-electron chi connectivity index (χ3n) is 2.91. The second kappa shape index (κ2) is 2.72. The van der Waals surface area contributed by atoms with E-state index in [1.807, 2.05) is 0 Å². The molecule has 0 aromatic heterocycles. The molecule has 1 aliphatic carbocycles. The monoisotopic (exact) mass is 167 g/mol. The van der Waals surface area contributed by atoms with Crippen molar-refractivity contribution in [1.82, 2.24) is 0 Å². The van der Waals surface area contributed by atoms with Gasteiger partial charge in [-0.2, -0.15) is 5.26 Å². The summed E-state index contributed by atoms with van der Waals surface area (Å²) < 4.78 is 5.17. The van der Waals surface area contributed by atoms with Crippen molar-refractivity contribution >= 4 is 0 Å². The van der Waals surface area contributed by atoms with Gasteiger partial charge < -0.3 is 9.84 Å². The minimum absolute atomic E-state index is 0.367. The molecule has 2 aliphatic rings. The molecule has 1 aliphatic heterocycles. The van der Waals surface area contributed by atoms with Gasteiger partial charge in [-0.3, -0.25) is 0 Å². The third-order valence-corrected chi connectivity index (χ3v) is 2.91. The van der Waals surface area contributed by atoms with Crippen molar-refractivity contribution in [2.24, 2.45) is 11.3 Å². The van der Waals surface area contributed by atoms with Crippen molar-refractivity contribution in [2.45, 2.75) is 25.4 Å². The molecule has 1 N–H and O–H groups in total. The van der Waals surface area contributed by atoms with Crippen LogP contribution >= 0.6 is 0 Å². The molecule has 1 saturated heterocycles. The molecule has 1 saturated carbocycles. The summed E-state index contributed by atoms with van der Waals surface area (Å²) in [4.78, 5) is 0. The lowest BCUT2D eigenvalue weighted by molar-refractivity contribution is 0.0350. The van der Waals surface area contributed by atoms with Gasteiger partial charge in [-0.25, -0.2) is 0 Å². The van der Waals surface area contributed by atoms with E-state index in [1.54, 1.807) is 0 Å². The Morgan fingerprint density at radius 2 is 2.33 bits per heavy atom. The van der Waals surface area contributed by atoms with Gasteiger partial charge in [0, 0.05) is 6.61 Å². The number of hydrogen-bond donors (Lipinski definition) is 1. The van der Waals surface area contributed by atoms with E-state index in [4.69, 9.17) is 10.00 Å². The van der Waals surface area contributed by atoms with Gasteiger partial charge >= 0.3 is 0 Å². The van der Waals surface area contributed by atoms with Crippen molar-refractivity contribution in [1.29, 1.82) is 5.26 Å². The molecular formula is C9H13NO2. The van der Waals surface area contributed by atoms with Gasteiger partial charge in [0.25, 0.3) is 0 Å². The van der Waals surface area contributed by atoms with Crippen molar-refractivity contribution in [2.75, 3.05) is 13.2 Å². The quantitative estimate of drug-likeness (QED) is 0.658. The fourth-order valence-corrected chi connectivity index (χ4v) is 1.83. The number of aliphatic hydroxyl groups is 1. The normalized spacial score (nSPS) is 37.7. The van der Waals surface area contributed by atoms with Crippen LogP contribution in [-0.4, -0.2) is 24.4 Å². The molecule has 0 aromatic rings. The highest BCUT2D eigenvalue weighted by Crippen LogP contribution is 2.44. The first-order valence-corrected chi connectivity index (χ1v) is 4.45. The average Bonchev–Trinajstić information content (AvgIpc) is 2.83. The molecule has 12 heavy (non-hydrogen) atoms. The van der Waals surface area contributed by atoms with Crippen molar-refractivity contribution in [3.63, 3.8) is 0 Å². The van der Waals surface area contributed by atoms with Crippen LogP contribution in [0.4, 0.5) is 0 Å². The highest BCUT2D eigenvalue weighted by molar-refractivity contribution is 5.09. The number of hydrogen-bond acceptors (Lipinski definition) is 3. The Morgan fingerprint density at radius 3 is 2.75 bits per heavy atom. The van der Waals surface area contributed by atoms with E-state index in [1.165, 1.54) is 0 Å². The number of ether oxygens (including phenoxy) is 1. The standard InChI is InChI=1S/C9H13NO2/c10-5-9(3-4-12-6-9)8(11)7-1-2-7/h7-8,11H,1-4,6H2. The third kappa shape index (κ3) is 1.12. The largest absolute Gasteiger partial charge is 0.391 e. The van der Waals surface area contributed by atoms with Crippen LogP contribution in [0.25, 0.3) is 0 Å². The molecule has 0 bridgehead atoms. The molecule has 0 spiro atoms. The van der Waals surface area contributed by atoms with Crippen LogP contribution in [-0.2, 0) is 4.74 Å². The molecule has 0 radical (unpaired) electrons. The molecular weight excluding hydrogens is 154 g/mol. The smallest absolute Gasteiger partial charge is 0.109 e. The van der Waals surface area contributed by atoms with Crippen LogP contribution in [0.2, 0.25) is 0 Å². The van der Waals surface area contributed by atoms with Crippen molar-refractivity contribution < 1.29 is 9.84 Å². The van der Waals surface area contributed by atoms with Gasteiger partial charge in [-0.15, -0.1) is 0 Å². The molecule has 3 heteroatoms. The van der Waals surface area contributed by atoms with Gasteiger partial charge in [-0.05, 0) is 25.2 Å². The minimum Gasteiger partial charge on any atom is -0.391 e. The molecule has 66 valence electrons.